The lowest BCUT2D eigenvalue weighted by Crippen LogP contribution is -2.45. The number of esters is 2. The Morgan fingerprint density at radius 2 is 1.85 bits per heavy atom. The highest BCUT2D eigenvalue weighted by atomic mass is 19.1. The summed E-state index contributed by atoms with van der Waals surface area (Å²) in [5, 5.41) is 0.0399. The molecule has 0 saturated carbocycles. The number of pyridine rings is 1. The minimum Gasteiger partial charge on any atom is -0.487 e. The summed E-state index contributed by atoms with van der Waals surface area (Å²) in [4.78, 5) is 41.9. The van der Waals surface area contributed by atoms with Crippen LogP contribution in [-0.2, 0) is 14.3 Å². The monoisotopic (exact) mass is 475 g/mol. The third-order valence-electron chi connectivity index (χ3n) is 6.17. The number of hydrogen-bond donors (Lipinski definition) is 0. The molecule has 1 fully saturated rings. The maximum atomic E-state index is 15.4. The molecular weight excluding hydrogens is 445 g/mol. The van der Waals surface area contributed by atoms with Gasteiger partial charge in [0.05, 0.1) is 22.4 Å². The Balaban J connectivity index is 1.72. The number of carbonyl (C=O) groups is 2. The molecule has 2 aliphatic heterocycles. The minimum atomic E-state index is -0.943. The number of aromatic nitrogens is 1. The first-order valence-electron chi connectivity index (χ1n) is 11.3. The molecule has 10 heteroatoms. The van der Waals surface area contributed by atoms with E-state index in [2.05, 4.69) is 4.90 Å². The van der Waals surface area contributed by atoms with Crippen molar-refractivity contribution in [3.8, 4) is 5.75 Å². The molecular formula is C24H30FN3O6. The van der Waals surface area contributed by atoms with E-state index in [1.165, 1.54) is 12.3 Å². The second kappa shape index (κ2) is 8.90. The Hall–Kier alpha value is -3.14. The van der Waals surface area contributed by atoms with E-state index in [4.69, 9.17) is 14.2 Å². The van der Waals surface area contributed by atoms with Crippen molar-refractivity contribution in [2.45, 2.75) is 33.7 Å². The first kappa shape index (κ1) is 24.0. The van der Waals surface area contributed by atoms with Crippen LogP contribution in [-0.4, -0.2) is 68.0 Å². The van der Waals surface area contributed by atoms with Crippen molar-refractivity contribution in [1.82, 2.24) is 9.47 Å². The van der Waals surface area contributed by atoms with Gasteiger partial charge in [0.1, 0.15) is 17.9 Å². The van der Waals surface area contributed by atoms with Crippen LogP contribution in [0.2, 0.25) is 0 Å². The molecule has 1 atom stereocenters. The fraction of sp³-hybridized carbons (Fsp3) is 0.542. The predicted molar refractivity (Wildman–Crippen MR) is 124 cm³/mol. The van der Waals surface area contributed by atoms with Gasteiger partial charge in [-0.2, -0.15) is 0 Å². The minimum absolute atomic E-state index is 0.0399. The average molecular weight is 476 g/mol. The Kier molecular flexibility index (Phi) is 6.28. The molecule has 9 nitrogen and oxygen atoms in total. The predicted octanol–water partition coefficient (Wildman–Crippen LogP) is 2.55. The first-order chi connectivity index (χ1) is 16.0. The van der Waals surface area contributed by atoms with Crippen molar-refractivity contribution < 1.29 is 28.2 Å². The van der Waals surface area contributed by atoms with Gasteiger partial charge in [0.2, 0.25) is 12.2 Å². The summed E-state index contributed by atoms with van der Waals surface area (Å²) in [5.41, 5.74) is -0.893. The van der Waals surface area contributed by atoms with E-state index in [9.17, 15) is 14.4 Å². The Morgan fingerprint density at radius 3 is 2.50 bits per heavy atom. The topological polar surface area (TPSA) is 90.3 Å². The lowest BCUT2D eigenvalue weighted by molar-refractivity contribution is -0.161. The summed E-state index contributed by atoms with van der Waals surface area (Å²) >= 11 is 0. The molecule has 0 radical (unpaired) electrons. The van der Waals surface area contributed by atoms with Crippen molar-refractivity contribution in [2.24, 2.45) is 5.41 Å². The van der Waals surface area contributed by atoms with E-state index < -0.39 is 35.4 Å². The molecule has 34 heavy (non-hydrogen) atoms. The van der Waals surface area contributed by atoms with E-state index in [0.29, 0.717) is 30.0 Å². The maximum absolute atomic E-state index is 15.4. The molecule has 2 aromatic rings. The number of benzene rings is 1. The van der Waals surface area contributed by atoms with Gasteiger partial charge < -0.3 is 28.6 Å². The Morgan fingerprint density at radius 1 is 1.18 bits per heavy atom. The van der Waals surface area contributed by atoms with E-state index in [-0.39, 0.29) is 23.6 Å². The number of likely N-dealkylation sites (N-methyl/N-ethyl adjacent to an activating group) is 1. The zero-order valence-corrected chi connectivity index (χ0v) is 20.1. The number of hydrogen-bond acceptors (Lipinski definition) is 8. The number of anilines is 1. The number of piperazine rings is 1. The summed E-state index contributed by atoms with van der Waals surface area (Å²) < 4.78 is 33.1. The van der Waals surface area contributed by atoms with E-state index >= 15 is 4.39 Å². The zero-order chi connectivity index (χ0) is 24.8. The molecule has 2 aliphatic rings. The highest BCUT2D eigenvalue weighted by Gasteiger charge is 2.31. The van der Waals surface area contributed by atoms with Crippen LogP contribution in [0.3, 0.4) is 0 Å². The van der Waals surface area contributed by atoms with E-state index in [0.717, 1.165) is 13.1 Å². The van der Waals surface area contributed by atoms with Crippen molar-refractivity contribution in [3.63, 3.8) is 0 Å². The quantitative estimate of drug-likeness (QED) is 0.492. The summed E-state index contributed by atoms with van der Waals surface area (Å²) in [6.07, 6.45) is 1.42. The Bertz CT molecular complexity index is 1190. The van der Waals surface area contributed by atoms with Gasteiger partial charge in [0.25, 0.3) is 0 Å². The van der Waals surface area contributed by atoms with Gasteiger partial charge in [-0.25, -0.2) is 9.18 Å². The van der Waals surface area contributed by atoms with Gasteiger partial charge in [0, 0.05) is 32.4 Å². The lowest BCUT2D eigenvalue weighted by Gasteiger charge is -2.37. The van der Waals surface area contributed by atoms with Crippen LogP contribution in [0.5, 0.6) is 5.75 Å². The summed E-state index contributed by atoms with van der Waals surface area (Å²) in [6, 6.07) is 0.968. The van der Waals surface area contributed by atoms with Crippen LogP contribution in [0.4, 0.5) is 10.1 Å². The summed E-state index contributed by atoms with van der Waals surface area (Å²) in [7, 11) is 2.01. The second-order valence-electron chi connectivity index (χ2n) is 9.89. The zero-order valence-electron chi connectivity index (χ0n) is 20.1. The normalized spacial score (nSPS) is 18.5. The van der Waals surface area contributed by atoms with Gasteiger partial charge in [-0.1, -0.05) is 0 Å². The number of halogens is 1. The van der Waals surface area contributed by atoms with Crippen molar-refractivity contribution >= 4 is 28.5 Å². The largest absolute Gasteiger partial charge is 0.487 e. The standard InChI is InChI=1S/C24H30FN3O6/c1-14-12-32-21-18-15(10-17(25)19(21)27-8-6-26(5)7-9-27)20(29)16(11-28(14)18)22(30)33-13-34-23(31)24(2,3)4/h10-11,14H,6-9,12-13H2,1-5H3. The van der Waals surface area contributed by atoms with Crippen LogP contribution in [0, 0.1) is 11.2 Å². The van der Waals surface area contributed by atoms with Gasteiger partial charge >= 0.3 is 11.9 Å². The molecule has 0 amide bonds. The molecule has 0 aliphatic carbocycles. The molecule has 184 valence electrons. The van der Waals surface area contributed by atoms with Crippen LogP contribution < -0.4 is 15.1 Å². The SMILES string of the molecule is CC1COc2c(N3CCN(C)CC3)c(F)cc3c(=O)c(C(=O)OCOC(=O)C(C)(C)C)cn1c23. The van der Waals surface area contributed by atoms with Crippen LogP contribution in [0.1, 0.15) is 44.1 Å². The Labute approximate surface area is 197 Å². The molecule has 1 aromatic heterocycles. The van der Waals surface area contributed by atoms with Gasteiger partial charge in [-0.15, -0.1) is 0 Å². The third kappa shape index (κ3) is 4.34. The van der Waals surface area contributed by atoms with Crippen LogP contribution in [0.25, 0.3) is 10.9 Å². The molecule has 1 aromatic carbocycles. The maximum Gasteiger partial charge on any atom is 0.346 e. The smallest absolute Gasteiger partial charge is 0.346 e. The molecule has 0 spiro atoms. The number of nitrogens with zero attached hydrogens (tertiary/aromatic N) is 3. The van der Waals surface area contributed by atoms with E-state index in [1.54, 1.807) is 25.3 Å². The number of rotatable bonds is 4. The van der Waals surface area contributed by atoms with E-state index in [1.807, 2.05) is 18.9 Å². The lowest BCUT2D eigenvalue weighted by atomic mass is 9.98. The number of carbonyl (C=O) groups excluding carboxylic acids is 2. The summed E-state index contributed by atoms with van der Waals surface area (Å²) in [5.74, 6) is -1.75. The fourth-order valence-corrected chi connectivity index (χ4v) is 4.11. The van der Waals surface area contributed by atoms with Gasteiger partial charge in [-0.05, 0) is 40.8 Å². The van der Waals surface area contributed by atoms with Crippen molar-refractivity contribution in [1.29, 1.82) is 0 Å². The molecule has 1 saturated heterocycles. The fourth-order valence-electron chi connectivity index (χ4n) is 4.11. The number of ether oxygens (including phenoxy) is 3. The van der Waals surface area contributed by atoms with Crippen LogP contribution >= 0.6 is 0 Å². The third-order valence-corrected chi connectivity index (χ3v) is 6.17. The van der Waals surface area contributed by atoms with Gasteiger partial charge in [-0.3, -0.25) is 9.59 Å². The molecule has 0 bridgehead atoms. The average Bonchev–Trinajstić information content (AvgIpc) is 2.77. The first-order valence-corrected chi connectivity index (χ1v) is 11.3. The second-order valence-corrected chi connectivity index (χ2v) is 9.89. The molecule has 1 unspecified atom stereocenters. The summed E-state index contributed by atoms with van der Waals surface area (Å²) in [6.45, 7) is 9.36. The van der Waals surface area contributed by atoms with Gasteiger partial charge in [0.15, 0.2) is 11.6 Å². The van der Waals surface area contributed by atoms with Crippen molar-refractivity contribution in [3.05, 3.63) is 33.9 Å². The molecule has 0 N–H and O–H groups in total. The highest BCUT2D eigenvalue weighted by Crippen LogP contribution is 2.42. The van der Waals surface area contributed by atoms with Crippen LogP contribution in [0.15, 0.2) is 17.1 Å². The molecule has 3 heterocycles. The van der Waals surface area contributed by atoms with Crippen molar-refractivity contribution in [2.75, 3.05) is 51.5 Å². The highest BCUT2D eigenvalue weighted by molar-refractivity contribution is 5.98. The molecule has 4 rings (SSSR count).